The van der Waals surface area contributed by atoms with Crippen LogP contribution in [0.1, 0.15) is 37.9 Å². The number of carbonyl (C=O) groups is 2. The molecule has 2 aliphatic rings. The summed E-state index contributed by atoms with van der Waals surface area (Å²) in [5.41, 5.74) is 5.94. The number of aryl methyl sites for hydroxylation is 1. The molecule has 0 aliphatic carbocycles. The second kappa shape index (κ2) is 11.8. The van der Waals surface area contributed by atoms with E-state index in [9.17, 15) is 14.4 Å². The summed E-state index contributed by atoms with van der Waals surface area (Å²) in [5, 5.41) is 2.00. The number of aromatic nitrogens is 2. The van der Waals surface area contributed by atoms with Crippen molar-refractivity contribution < 1.29 is 18.4 Å². The summed E-state index contributed by atoms with van der Waals surface area (Å²) in [6.07, 6.45) is 2.77. The lowest BCUT2D eigenvalue weighted by Crippen LogP contribution is -2.64. The number of hydrogen-bond donors (Lipinski definition) is 2. The fourth-order valence-electron chi connectivity index (χ4n) is 6.53. The Morgan fingerprint density at radius 1 is 1.13 bits per heavy atom. The third-order valence-corrected chi connectivity index (χ3v) is 9.70. The Morgan fingerprint density at radius 2 is 1.83 bits per heavy atom. The summed E-state index contributed by atoms with van der Waals surface area (Å²) in [6.45, 7) is 11.0. The number of nitrogen functional groups attached to an aromatic ring is 1. The van der Waals surface area contributed by atoms with E-state index in [2.05, 4.69) is 16.9 Å². The molecule has 4 aromatic rings. The van der Waals surface area contributed by atoms with Crippen molar-refractivity contribution in [2.75, 3.05) is 29.0 Å². The highest BCUT2D eigenvalue weighted by atomic mass is 35.5. The number of halogens is 5. The van der Waals surface area contributed by atoms with Crippen LogP contribution in [0.3, 0.4) is 0 Å². The Balaban J connectivity index is 1.79. The highest BCUT2D eigenvalue weighted by molar-refractivity contribution is 6.40. The van der Waals surface area contributed by atoms with Crippen LogP contribution in [0, 0.1) is 18.6 Å². The molecule has 9 nitrogen and oxygen atoms in total. The fraction of sp³-hybridized carbons (Fsp3) is 0.273. The molecular formula is C33H29Cl3F2N6O3. The smallest absolute Gasteiger partial charge is 0.281 e. The standard InChI is InChI=1S/C33H29Cl3F2N6O3/c1-6-21(45)42-12-20-32(46)41-28-31(43(20)11-15(42)5)16-9-19(37)22(23-25(38)17(34)10-18(35)26(23)39)24(36)30(16)44(33(28)47)29-14(4)7-8-40-27(29)13(2)3/h6-10,13,15,20H,1,11-12,39H2,2-5H3,(H,41,46). The molecule has 2 atom stereocenters. The van der Waals surface area contributed by atoms with Crippen LogP contribution < -0.4 is 21.5 Å². The van der Waals surface area contributed by atoms with E-state index in [1.54, 1.807) is 31.0 Å². The number of amides is 2. The van der Waals surface area contributed by atoms with Gasteiger partial charge in [-0.3, -0.25) is 23.9 Å². The number of nitrogens with two attached hydrogens (primary N) is 1. The van der Waals surface area contributed by atoms with Gasteiger partial charge in [0.25, 0.3) is 5.56 Å². The number of piperazine rings is 1. The van der Waals surface area contributed by atoms with Gasteiger partial charge in [-0.15, -0.1) is 0 Å². The summed E-state index contributed by atoms with van der Waals surface area (Å²) in [4.78, 5) is 48.7. The summed E-state index contributed by atoms with van der Waals surface area (Å²) < 4.78 is 33.5. The molecule has 4 heterocycles. The average molecular weight is 702 g/mol. The van der Waals surface area contributed by atoms with E-state index in [-0.39, 0.29) is 62.9 Å². The number of anilines is 3. The van der Waals surface area contributed by atoms with Crippen molar-refractivity contribution in [1.82, 2.24) is 14.5 Å². The Bertz CT molecular complexity index is 2090. The van der Waals surface area contributed by atoms with Crippen molar-refractivity contribution in [3.05, 3.63) is 85.4 Å². The van der Waals surface area contributed by atoms with Crippen molar-refractivity contribution in [2.45, 2.75) is 45.7 Å². The number of carbonyl (C=O) groups excluding carboxylic acids is 2. The number of pyridine rings is 2. The first kappa shape index (κ1) is 32.7. The van der Waals surface area contributed by atoms with Gasteiger partial charge in [0.05, 0.1) is 49.9 Å². The van der Waals surface area contributed by atoms with Gasteiger partial charge in [0.2, 0.25) is 11.8 Å². The highest BCUT2D eigenvalue weighted by Gasteiger charge is 2.44. The van der Waals surface area contributed by atoms with Crippen molar-refractivity contribution in [3.8, 4) is 16.8 Å². The predicted octanol–water partition coefficient (Wildman–Crippen LogP) is 6.85. The van der Waals surface area contributed by atoms with Gasteiger partial charge in [-0.1, -0.05) is 55.2 Å². The van der Waals surface area contributed by atoms with Gasteiger partial charge in [0.1, 0.15) is 17.5 Å². The van der Waals surface area contributed by atoms with Crippen LogP contribution in [-0.4, -0.2) is 51.4 Å². The molecule has 0 spiro atoms. The van der Waals surface area contributed by atoms with Crippen molar-refractivity contribution in [1.29, 1.82) is 0 Å². The highest BCUT2D eigenvalue weighted by Crippen LogP contribution is 2.48. The zero-order valence-electron chi connectivity index (χ0n) is 25.7. The van der Waals surface area contributed by atoms with Gasteiger partial charge in [-0.05, 0) is 49.6 Å². The summed E-state index contributed by atoms with van der Waals surface area (Å²) in [6, 6.07) is 2.60. The van der Waals surface area contributed by atoms with Crippen LogP contribution in [0.2, 0.25) is 15.1 Å². The maximum absolute atomic E-state index is 16.5. The summed E-state index contributed by atoms with van der Waals surface area (Å²) in [7, 11) is 0. The van der Waals surface area contributed by atoms with E-state index in [4.69, 9.17) is 40.5 Å². The molecule has 2 unspecified atom stereocenters. The van der Waals surface area contributed by atoms with E-state index in [0.717, 1.165) is 12.1 Å². The Morgan fingerprint density at radius 3 is 2.49 bits per heavy atom. The van der Waals surface area contributed by atoms with E-state index in [0.29, 0.717) is 16.9 Å². The number of fused-ring (bicyclic) bond motifs is 5. The third kappa shape index (κ3) is 4.94. The van der Waals surface area contributed by atoms with E-state index in [1.807, 2.05) is 13.8 Å². The summed E-state index contributed by atoms with van der Waals surface area (Å²) in [5.74, 6) is -3.09. The van der Waals surface area contributed by atoms with Gasteiger partial charge >= 0.3 is 0 Å². The van der Waals surface area contributed by atoms with Crippen LogP contribution >= 0.6 is 34.8 Å². The molecule has 47 heavy (non-hydrogen) atoms. The van der Waals surface area contributed by atoms with Crippen LogP contribution in [0.25, 0.3) is 27.7 Å². The number of nitrogens with zero attached hydrogens (tertiary/aromatic N) is 4. The lowest BCUT2D eigenvalue weighted by molar-refractivity contribution is -0.130. The van der Waals surface area contributed by atoms with E-state index >= 15 is 8.78 Å². The lowest BCUT2D eigenvalue weighted by Gasteiger charge is -2.48. The second-order valence-electron chi connectivity index (χ2n) is 12.0. The molecule has 2 aromatic carbocycles. The molecule has 2 aromatic heterocycles. The van der Waals surface area contributed by atoms with Gasteiger partial charge in [-0.25, -0.2) is 8.78 Å². The molecule has 3 N–H and O–H groups in total. The number of benzene rings is 2. The van der Waals surface area contributed by atoms with Gasteiger partial charge in [0, 0.05) is 35.3 Å². The molecular weight excluding hydrogens is 673 g/mol. The zero-order chi connectivity index (χ0) is 34.2. The second-order valence-corrected chi connectivity index (χ2v) is 13.2. The Labute approximate surface area is 283 Å². The molecule has 2 amide bonds. The first-order chi connectivity index (χ1) is 22.2. The molecule has 14 heteroatoms. The molecule has 244 valence electrons. The maximum Gasteiger partial charge on any atom is 0.281 e. The quantitative estimate of drug-likeness (QED) is 0.137. The maximum atomic E-state index is 16.5. The first-order valence-electron chi connectivity index (χ1n) is 14.7. The summed E-state index contributed by atoms with van der Waals surface area (Å²) >= 11 is 19.5. The largest absolute Gasteiger partial charge is 0.397 e. The van der Waals surface area contributed by atoms with Gasteiger partial charge in [-0.2, -0.15) is 0 Å². The molecule has 6 rings (SSSR count). The van der Waals surface area contributed by atoms with E-state index in [1.165, 1.54) is 15.5 Å². The minimum atomic E-state index is -1.05. The van der Waals surface area contributed by atoms with Crippen molar-refractivity contribution in [2.24, 2.45) is 0 Å². The first-order valence-corrected chi connectivity index (χ1v) is 15.8. The SMILES string of the molecule is C=CC(=O)N1CC2C(=O)Nc3c(c4cc(F)c(-c5c(N)c(Cl)cc(Cl)c5F)c(Cl)c4n(-c4c(C)ccnc4C(C)C)c3=O)N2CC1C. The molecule has 0 radical (unpaired) electrons. The van der Waals surface area contributed by atoms with Gasteiger partial charge < -0.3 is 20.9 Å². The molecule has 0 saturated carbocycles. The molecule has 1 fully saturated rings. The number of nitrogens with one attached hydrogen (secondary N) is 1. The van der Waals surface area contributed by atoms with Crippen molar-refractivity contribution in [3.63, 3.8) is 0 Å². The molecule has 1 saturated heterocycles. The number of rotatable bonds is 4. The Kier molecular flexibility index (Phi) is 8.22. The normalized spacial score (nSPS) is 17.5. The van der Waals surface area contributed by atoms with Gasteiger partial charge in [0.15, 0.2) is 5.82 Å². The predicted molar refractivity (Wildman–Crippen MR) is 182 cm³/mol. The Hall–Kier alpha value is -4.19. The monoisotopic (exact) mass is 700 g/mol. The average Bonchev–Trinajstić information content (AvgIpc) is 3.01. The topological polar surface area (TPSA) is 114 Å². The van der Waals surface area contributed by atoms with Crippen LogP contribution in [0.15, 0.2) is 41.8 Å². The number of hydrogen-bond acceptors (Lipinski definition) is 6. The van der Waals surface area contributed by atoms with Crippen LogP contribution in [0.4, 0.5) is 25.8 Å². The van der Waals surface area contributed by atoms with Crippen LogP contribution in [0.5, 0.6) is 0 Å². The van der Waals surface area contributed by atoms with Crippen molar-refractivity contribution >= 4 is 74.6 Å². The molecule has 2 aliphatic heterocycles. The molecule has 0 bridgehead atoms. The minimum Gasteiger partial charge on any atom is -0.397 e. The minimum absolute atomic E-state index is 0.0157. The lowest BCUT2D eigenvalue weighted by atomic mass is 9.95. The van der Waals surface area contributed by atoms with E-state index < -0.39 is 51.3 Å². The third-order valence-electron chi connectivity index (χ3n) is 8.74. The zero-order valence-corrected chi connectivity index (χ0v) is 28.0. The fourth-order valence-corrected chi connectivity index (χ4v) is 7.36. The van der Waals surface area contributed by atoms with Crippen LogP contribution in [-0.2, 0) is 9.59 Å².